The van der Waals surface area contributed by atoms with Crippen LogP contribution in [-0.2, 0) is 16.1 Å². The van der Waals surface area contributed by atoms with Crippen LogP contribution in [0.1, 0.15) is 17.1 Å². The molecular formula is C21H18BrN3O3. The molecule has 2 aromatic carbocycles. The number of amides is 2. The summed E-state index contributed by atoms with van der Waals surface area (Å²) < 4.78 is 6.57. The summed E-state index contributed by atoms with van der Waals surface area (Å²) in [6.07, 6.45) is 1.60. The summed E-state index contributed by atoms with van der Waals surface area (Å²) in [5, 5.41) is 5.08. The van der Waals surface area contributed by atoms with Crippen molar-refractivity contribution in [1.29, 1.82) is 0 Å². The molecule has 0 saturated carbocycles. The number of carbonyl (C=O) groups is 2. The van der Waals surface area contributed by atoms with Crippen LogP contribution in [0.3, 0.4) is 0 Å². The lowest BCUT2D eigenvalue weighted by atomic mass is 10.2. The minimum Gasteiger partial charge on any atom is -0.458 e. The number of carbonyl (C=O) groups excluding carboxylic acids is 2. The van der Waals surface area contributed by atoms with Gasteiger partial charge in [0.1, 0.15) is 11.5 Å². The van der Waals surface area contributed by atoms with Crippen LogP contribution in [0.5, 0.6) is 0 Å². The van der Waals surface area contributed by atoms with Crippen LogP contribution in [0.15, 0.2) is 74.5 Å². The Morgan fingerprint density at radius 2 is 1.71 bits per heavy atom. The minimum atomic E-state index is -0.734. The highest BCUT2D eigenvalue weighted by Crippen LogP contribution is 2.17. The van der Waals surface area contributed by atoms with Gasteiger partial charge < -0.3 is 15.1 Å². The van der Waals surface area contributed by atoms with Crippen LogP contribution >= 0.6 is 15.9 Å². The monoisotopic (exact) mass is 439 g/mol. The molecule has 7 heteroatoms. The summed E-state index contributed by atoms with van der Waals surface area (Å²) in [5.41, 5.74) is 2.43. The number of aliphatic imine (C=N–C) groups is 1. The molecule has 6 nitrogen and oxygen atoms in total. The summed E-state index contributed by atoms with van der Waals surface area (Å²) >= 11 is 3.37. The second kappa shape index (κ2) is 9.14. The van der Waals surface area contributed by atoms with Crippen LogP contribution in [0.4, 0.5) is 11.4 Å². The molecule has 0 aliphatic heterocycles. The molecule has 0 fully saturated rings. The van der Waals surface area contributed by atoms with Gasteiger partial charge in [-0.05, 0) is 55.5 Å². The van der Waals surface area contributed by atoms with Gasteiger partial charge in [0.2, 0.25) is 0 Å². The zero-order valence-corrected chi connectivity index (χ0v) is 16.7. The Hall–Kier alpha value is -3.19. The number of hydrogen-bond donors (Lipinski definition) is 2. The highest BCUT2D eigenvalue weighted by molar-refractivity contribution is 9.10. The standard InChI is InChI=1S/C21H18BrN3O3/c1-14-2-6-17(7-3-14)25-21(27)20(26)24-13-19-11-10-18(28-19)12-23-16-8-4-15(22)5-9-16/h2-12H,13H2,1H3,(H,24,26)(H,25,27). The Kier molecular flexibility index (Phi) is 6.39. The van der Waals surface area contributed by atoms with Crippen molar-refractivity contribution in [3.63, 3.8) is 0 Å². The van der Waals surface area contributed by atoms with Crippen molar-refractivity contribution in [3.05, 3.63) is 82.2 Å². The Bertz CT molecular complexity index is 992. The maximum atomic E-state index is 11.9. The van der Waals surface area contributed by atoms with Gasteiger partial charge in [0.25, 0.3) is 0 Å². The third-order valence-corrected chi connectivity index (χ3v) is 4.32. The molecule has 2 amide bonds. The number of nitrogens with zero attached hydrogens (tertiary/aromatic N) is 1. The van der Waals surface area contributed by atoms with E-state index in [1.165, 1.54) is 0 Å². The van der Waals surface area contributed by atoms with Gasteiger partial charge in [0, 0.05) is 10.2 Å². The molecule has 0 saturated heterocycles. The lowest BCUT2D eigenvalue weighted by Gasteiger charge is -2.05. The third-order valence-electron chi connectivity index (χ3n) is 3.79. The van der Waals surface area contributed by atoms with Crippen molar-refractivity contribution in [2.24, 2.45) is 4.99 Å². The van der Waals surface area contributed by atoms with Crippen molar-refractivity contribution < 1.29 is 14.0 Å². The zero-order chi connectivity index (χ0) is 19.9. The van der Waals surface area contributed by atoms with E-state index in [9.17, 15) is 9.59 Å². The molecule has 0 bridgehead atoms. The number of aryl methyl sites for hydroxylation is 1. The average Bonchev–Trinajstić information content (AvgIpc) is 3.15. The predicted molar refractivity (Wildman–Crippen MR) is 112 cm³/mol. The first-order chi connectivity index (χ1) is 13.5. The quantitative estimate of drug-likeness (QED) is 0.457. The van der Waals surface area contributed by atoms with Gasteiger partial charge in [0.05, 0.1) is 18.4 Å². The van der Waals surface area contributed by atoms with E-state index in [-0.39, 0.29) is 6.54 Å². The van der Waals surface area contributed by atoms with Gasteiger partial charge in [-0.25, -0.2) is 0 Å². The molecule has 142 valence electrons. The van der Waals surface area contributed by atoms with Crippen molar-refractivity contribution in [2.45, 2.75) is 13.5 Å². The van der Waals surface area contributed by atoms with Gasteiger partial charge in [-0.1, -0.05) is 33.6 Å². The highest BCUT2D eigenvalue weighted by atomic mass is 79.9. The highest BCUT2D eigenvalue weighted by Gasteiger charge is 2.14. The third kappa shape index (κ3) is 5.65. The maximum Gasteiger partial charge on any atom is 0.313 e. The fourth-order valence-corrected chi connectivity index (χ4v) is 2.56. The number of rotatable bonds is 5. The van der Waals surface area contributed by atoms with Crippen molar-refractivity contribution >= 4 is 45.3 Å². The smallest absolute Gasteiger partial charge is 0.313 e. The fraction of sp³-hybridized carbons (Fsp3) is 0.0952. The number of nitrogens with one attached hydrogen (secondary N) is 2. The van der Waals surface area contributed by atoms with E-state index >= 15 is 0 Å². The van der Waals surface area contributed by atoms with E-state index < -0.39 is 11.8 Å². The Balaban J connectivity index is 1.50. The molecule has 3 rings (SSSR count). The number of anilines is 1. The van der Waals surface area contributed by atoms with Gasteiger partial charge >= 0.3 is 11.8 Å². The summed E-state index contributed by atoms with van der Waals surface area (Å²) in [4.78, 5) is 28.2. The molecule has 0 aliphatic carbocycles. The molecule has 3 aromatic rings. The first kappa shape index (κ1) is 19.6. The summed E-state index contributed by atoms with van der Waals surface area (Å²) in [6, 6.07) is 18.2. The largest absolute Gasteiger partial charge is 0.458 e. The van der Waals surface area contributed by atoms with E-state index in [4.69, 9.17) is 4.42 Å². The average molecular weight is 440 g/mol. The lowest BCUT2D eigenvalue weighted by molar-refractivity contribution is -0.136. The van der Waals surface area contributed by atoms with Crippen molar-refractivity contribution in [1.82, 2.24) is 5.32 Å². The topological polar surface area (TPSA) is 83.7 Å². The maximum absolute atomic E-state index is 11.9. The van der Waals surface area contributed by atoms with Crippen LogP contribution < -0.4 is 10.6 Å². The molecular weight excluding hydrogens is 422 g/mol. The lowest BCUT2D eigenvalue weighted by Crippen LogP contribution is -2.34. The molecule has 2 N–H and O–H groups in total. The van der Waals surface area contributed by atoms with E-state index in [0.717, 1.165) is 15.7 Å². The van der Waals surface area contributed by atoms with Crippen molar-refractivity contribution in [3.8, 4) is 0 Å². The van der Waals surface area contributed by atoms with Crippen LogP contribution in [0, 0.1) is 6.92 Å². The minimum absolute atomic E-state index is 0.103. The number of benzene rings is 2. The SMILES string of the molecule is Cc1ccc(NC(=O)C(=O)NCc2ccc(C=Nc3ccc(Br)cc3)o2)cc1. The number of hydrogen-bond acceptors (Lipinski definition) is 4. The molecule has 28 heavy (non-hydrogen) atoms. The molecule has 0 spiro atoms. The Morgan fingerprint density at radius 3 is 2.43 bits per heavy atom. The Labute approximate surface area is 170 Å². The van der Waals surface area contributed by atoms with Gasteiger partial charge in [-0.3, -0.25) is 14.6 Å². The fourth-order valence-electron chi connectivity index (χ4n) is 2.30. The van der Waals surface area contributed by atoms with Crippen LogP contribution in [-0.4, -0.2) is 18.0 Å². The van der Waals surface area contributed by atoms with Crippen LogP contribution in [0.25, 0.3) is 0 Å². The Morgan fingerprint density at radius 1 is 1.00 bits per heavy atom. The molecule has 0 atom stereocenters. The molecule has 1 aromatic heterocycles. The van der Waals surface area contributed by atoms with Gasteiger partial charge in [-0.2, -0.15) is 0 Å². The van der Waals surface area contributed by atoms with E-state index in [1.807, 2.05) is 43.3 Å². The second-order valence-electron chi connectivity index (χ2n) is 6.04. The first-order valence-electron chi connectivity index (χ1n) is 8.54. The zero-order valence-electron chi connectivity index (χ0n) is 15.1. The van der Waals surface area contributed by atoms with E-state index in [2.05, 4.69) is 31.6 Å². The molecule has 0 aliphatic rings. The summed E-state index contributed by atoms with van der Waals surface area (Å²) in [5.74, 6) is -0.389. The van der Waals surface area contributed by atoms with Crippen molar-refractivity contribution in [2.75, 3.05) is 5.32 Å². The number of halogens is 1. The van der Waals surface area contributed by atoms with E-state index in [1.54, 1.807) is 30.5 Å². The van der Waals surface area contributed by atoms with Gasteiger partial charge in [0.15, 0.2) is 0 Å². The number of furan rings is 1. The predicted octanol–water partition coefficient (Wildman–Crippen LogP) is 4.36. The second-order valence-corrected chi connectivity index (χ2v) is 6.96. The van der Waals surface area contributed by atoms with E-state index in [0.29, 0.717) is 17.2 Å². The molecule has 0 radical (unpaired) electrons. The first-order valence-corrected chi connectivity index (χ1v) is 9.33. The van der Waals surface area contributed by atoms with Gasteiger partial charge in [-0.15, -0.1) is 0 Å². The normalized spacial score (nSPS) is 10.8. The summed E-state index contributed by atoms with van der Waals surface area (Å²) in [7, 11) is 0. The molecule has 1 heterocycles. The van der Waals surface area contributed by atoms with Crippen LogP contribution in [0.2, 0.25) is 0 Å². The molecule has 0 unspecified atom stereocenters. The summed E-state index contributed by atoms with van der Waals surface area (Å²) in [6.45, 7) is 2.05.